The summed E-state index contributed by atoms with van der Waals surface area (Å²) >= 11 is 2.95. The van der Waals surface area contributed by atoms with E-state index in [4.69, 9.17) is 10.4 Å². The molecular weight excluding hydrogens is 295 g/mol. The van der Waals surface area contributed by atoms with Gasteiger partial charge in [-0.3, -0.25) is 4.79 Å². The molecule has 17 heavy (non-hydrogen) atoms. The number of hydrogen-bond acceptors (Lipinski definition) is 3. The van der Waals surface area contributed by atoms with Crippen molar-refractivity contribution in [2.24, 2.45) is 0 Å². The molecule has 0 aliphatic carbocycles. The first-order valence-electron chi connectivity index (χ1n) is 4.35. The van der Waals surface area contributed by atoms with Gasteiger partial charge in [0.1, 0.15) is 17.8 Å². The highest BCUT2D eigenvalue weighted by Crippen LogP contribution is 2.27. The summed E-state index contributed by atoms with van der Waals surface area (Å²) in [6.45, 7) is 0. The molecule has 0 radical (unpaired) electrons. The topological polar surface area (TPSA) is 90.2 Å². The molecule has 5 nitrogen and oxygen atoms in total. The zero-order valence-electron chi connectivity index (χ0n) is 8.33. The van der Waals surface area contributed by atoms with Crippen LogP contribution in [0.3, 0.4) is 0 Å². The third-order valence-corrected chi connectivity index (χ3v) is 2.48. The second-order valence-electron chi connectivity index (χ2n) is 2.97. The summed E-state index contributed by atoms with van der Waals surface area (Å²) in [5, 5.41) is 19.2. The first-order valence-corrected chi connectivity index (χ1v) is 5.14. The lowest BCUT2D eigenvalue weighted by Gasteiger charge is -2.09. The van der Waals surface area contributed by atoms with E-state index in [2.05, 4.69) is 21.2 Å². The van der Waals surface area contributed by atoms with Crippen molar-refractivity contribution in [3.63, 3.8) is 0 Å². The molecule has 7 heteroatoms. The van der Waals surface area contributed by atoms with E-state index >= 15 is 0 Å². The molecule has 1 amide bonds. The smallest absolute Gasteiger partial charge is 0.339 e. The van der Waals surface area contributed by atoms with E-state index < -0.39 is 35.4 Å². The van der Waals surface area contributed by atoms with Crippen molar-refractivity contribution in [3.05, 3.63) is 28.0 Å². The Morgan fingerprint density at radius 3 is 2.71 bits per heavy atom. The zero-order valence-corrected chi connectivity index (χ0v) is 9.91. The van der Waals surface area contributed by atoms with Gasteiger partial charge in [-0.1, -0.05) is 0 Å². The van der Waals surface area contributed by atoms with Crippen LogP contribution < -0.4 is 5.32 Å². The van der Waals surface area contributed by atoms with E-state index in [1.165, 1.54) is 6.07 Å². The van der Waals surface area contributed by atoms with Crippen molar-refractivity contribution in [2.75, 3.05) is 5.32 Å². The van der Waals surface area contributed by atoms with Crippen LogP contribution in [-0.2, 0) is 4.79 Å². The van der Waals surface area contributed by atoms with Gasteiger partial charge in [-0.2, -0.15) is 5.26 Å². The first kappa shape index (κ1) is 13.1. The summed E-state index contributed by atoms with van der Waals surface area (Å²) < 4.78 is 13.5. The van der Waals surface area contributed by atoms with E-state index in [1.54, 1.807) is 6.07 Å². The Balaban J connectivity index is 3.22. The maximum Gasteiger partial charge on any atom is 0.339 e. The van der Waals surface area contributed by atoms with Crippen LogP contribution in [0.1, 0.15) is 16.8 Å². The summed E-state index contributed by atoms with van der Waals surface area (Å²) in [5.74, 6) is -3.03. The molecule has 0 saturated carbocycles. The second kappa shape index (κ2) is 5.41. The number of carboxylic acids is 1. The van der Waals surface area contributed by atoms with Gasteiger partial charge in [-0.25, -0.2) is 9.18 Å². The Bertz CT molecular complexity index is 525. The summed E-state index contributed by atoms with van der Waals surface area (Å²) in [4.78, 5) is 22.1. The Kier molecular flexibility index (Phi) is 4.17. The van der Waals surface area contributed by atoms with E-state index in [0.717, 1.165) is 6.07 Å². The second-order valence-corrected chi connectivity index (χ2v) is 3.82. The van der Waals surface area contributed by atoms with Gasteiger partial charge >= 0.3 is 5.97 Å². The van der Waals surface area contributed by atoms with Crippen LogP contribution in [0.5, 0.6) is 0 Å². The quantitative estimate of drug-likeness (QED) is 0.895. The number of nitriles is 1. The summed E-state index contributed by atoms with van der Waals surface area (Å²) in [6.07, 6.45) is -0.481. The lowest BCUT2D eigenvalue weighted by atomic mass is 10.1. The minimum Gasteiger partial charge on any atom is -0.478 e. The molecule has 0 atom stereocenters. The van der Waals surface area contributed by atoms with Gasteiger partial charge in [0.2, 0.25) is 5.91 Å². The molecule has 0 spiro atoms. The molecule has 0 heterocycles. The lowest BCUT2D eigenvalue weighted by Crippen LogP contribution is -2.15. The Morgan fingerprint density at radius 2 is 2.18 bits per heavy atom. The molecule has 0 aliphatic rings. The zero-order chi connectivity index (χ0) is 13.0. The van der Waals surface area contributed by atoms with Crippen molar-refractivity contribution in [3.8, 4) is 6.07 Å². The number of carboxylic acid groups (broad SMARTS) is 1. The van der Waals surface area contributed by atoms with Gasteiger partial charge in [0, 0.05) is 4.47 Å². The Labute approximate surface area is 104 Å². The molecule has 88 valence electrons. The maximum atomic E-state index is 13.4. The van der Waals surface area contributed by atoms with Crippen LogP contribution in [0.2, 0.25) is 0 Å². The van der Waals surface area contributed by atoms with Crippen molar-refractivity contribution in [2.45, 2.75) is 6.42 Å². The number of carbonyl (C=O) groups is 2. The van der Waals surface area contributed by atoms with Crippen molar-refractivity contribution in [1.82, 2.24) is 0 Å². The third kappa shape index (κ3) is 3.01. The van der Waals surface area contributed by atoms with Crippen molar-refractivity contribution >= 4 is 33.5 Å². The van der Waals surface area contributed by atoms with Crippen LogP contribution in [0.15, 0.2) is 16.6 Å². The summed E-state index contributed by atoms with van der Waals surface area (Å²) in [5.41, 5.74) is -0.844. The van der Waals surface area contributed by atoms with Crippen LogP contribution in [-0.4, -0.2) is 17.0 Å². The fraction of sp³-hybridized carbons (Fsp3) is 0.100. The first-order chi connectivity index (χ1) is 7.97. The fourth-order valence-electron chi connectivity index (χ4n) is 1.14. The number of halogens is 2. The van der Waals surface area contributed by atoms with Gasteiger partial charge in [0.15, 0.2) is 0 Å². The number of amides is 1. The van der Waals surface area contributed by atoms with Crippen LogP contribution in [0.25, 0.3) is 0 Å². The molecule has 1 aromatic carbocycles. The molecule has 1 aromatic rings. The highest BCUT2D eigenvalue weighted by atomic mass is 79.9. The van der Waals surface area contributed by atoms with Gasteiger partial charge in [-0.15, -0.1) is 0 Å². The monoisotopic (exact) mass is 300 g/mol. The van der Waals surface area contributed by atoms with Crippen LogP contribution in [0, 0.1) is 17.1 Å². The summed E-state index contributed by atoms with van der Waals surface area (Å²) in [6, 6.07) is 3.81. The highest BCUT2D eigenvalue weighted by Gasteiger charge is 2.19. The molecule has 0 saturated heterocycles. The van der Waals surface area contributed by atoms with Gasteiger partial charge < -0.3 is 10.4 Å². The number of rotatable bonds is 3. The molecule has 0 bridgehead atoms. The van der Waals surface area contributed by atoms with Gasteiger partial charge in [0.05, 0.1) is 11.8 Å². The molecule has 0 fully saturated rings. The Morgan fingerprint density at radius 1 is 1.53 bits per heavy atom. The van der Waals surface area contributed by atoms with E-state index in [-0.39, 0.29) is 4.47 Å². The number of anilines is 1. The van der Waals surface area contributed by atoms with Crippen LogP contribution >= 0.6 is 15.9 Å². The fourth-order valence-corrected chi connectivity index (χ4v) is 1.64. The number of benzene rings is 1. The number of nitrogens with zero attached hydrogens (tertiary/aromatic N) is 1. The average Bonchev–Trinajstić information content (AvgIpc) is 2.23. The standard InChI is InChI=1S/C10H6BrFN2O3/c11-5-1-2-6(12)9(8(5)10(16)17)14-7(15)3-4-13/h1-2H,3H2,(H,14,15)(H,16,17). The SMILES string of the molecule is N#CCC(=O)Nc1c(F)ccc(Br)c1C(=O)O. The van der Waals surface area contributed by atoms with E-state index in [9.17, 15) is 14.0 Å². The minimum atomic E-state index is -1.39. The van der Waals surface area contributed by atoms with E-state index in [1.807, 2.05) is 0 Å². The van der Waals surface area contributed by atoms with Crippen molar-refractivity contribution < 1.29 is 19.1 Å². The highest BCUT2D eigenvalue weighted by molar-refractivity contribution is 9.10. The average molecular weight is 301 g/mol. The number of hydrogen-bond donors (Lipinski definition) is 2. The lowest BCUT2D eigenvalue weighted by molar-refractivity contribution is -0.115. The largest absolute Gasteiger partial charge is 0.478 e. The predicted molar refractivity (Wildman–Crippen MR) is 59.9 cm³/mol. The maximum absolute atomic E-state index is 13.4. The van der Waals surface area contributed by atoms with Crippen molar-refractivity contribution in [1.29, 1.82) is 5.26 Å². The number of aromatic carboxylic acids is 1. The molecule has 0 aliphatic heterocycles. The van der Waals surface area contributed by atoms with Crippen LogP contribution in [0.4, 0.5) is 10.1 Å². The number of nitrogens with one attached hydrogen (secondary N) is 1. The normalized spacial score (nSPS) is 9.47. The molecular formula is C10H6BrFN2O3. The predicted octanol–water partition coefficient (Wildman–Crippen LogP) is 2.14. The van der Waals surface area contributed by atoms with Gasteiger partial charge in [-0.05, 0) is 28.1 Å². The molecule has 1 rings (SSSR count). The molecule has 0 unspecified atom stereocenters. The summed E-state index contributed by atoms with van der Waals surface area (Å²) in [7, 11) is 0. The number of carbonyl (C=O) groups excluding carboxylic acids is 1. The Hall–Kier alpha value is -1.94. The molecule has 2 N–H and O–H groups in total. The minimum absolute atomic E-state index is 0.138. The van der Waals surface area contributed by atoms with E-state index in [0.29, 0.717) is 0 Å². The molecule has 0 aromatic heterocycles. The van der Waals surface area contributed by atoms with Gasteiger partial charge in [0.25, 0.3) is 0 Å². The third-order valence-electron chi connectivity index (χ3n) is 1.82.